The number of rotatable bonds is 7. The van der Waals surface area contributed by atoms with Gasteiger partial charge in [0.25, 0.3) is 5.91 Å². The number of amides is 2. The maximum atomic E-state index is 12.5. The Morgan fingerprint density at radius 3 is 2.60 bits per heavy atom. The van der Waals surface area contributed by atoms with E-state index in [1.54, 1.807) is 30.1 Å². The smallest absolute Gasteiger partial charge is 0.250 e. The Kier molecular flexibility index (Phi) is 6.11. The molecular formula is C19H24N4O2. The molecule has 1 heterocycles. The van der Waals surface area contributed by atoms with Crippen molar-refractivity contribution < 1.29 is 9.59 Å². The zero-order valence-corrected chi connectivity index (χ0v) is 15.0. The highest BCUT2D eigenvalue weighted by molar-refractivity contribution is 6.01. The molecule has 0 aliphatic rings. The zero-order valence-electron chi connectivity index (χ0n) is 15.0. The fraction of sp³-hybridized carbons (Fsp3) is 0.316. The molecule has 0 aliphatic heterocycles. The predicted octanol–water partition coefficient (Wildman–Crippen LogP) is 2.25. The number of hydrogen-bond acceptors (Lipinski definition) is 3. The molecule has 0 saturated carbocycles. The van der Waals surface area contributed by atoms with Crippen molar-refractivity contribution in [3.63, 3.8) is 0 Å². The van der Waals surface area contributed by atoms with Gasteiger partial charge < -0.3 is 9.80 Å². The number of aryl methyl sites for hydroxylation is 1. The number of carbonyl (C=O) groups excluding carboxylic acids is 2. The molecule has 0 bridgehead atoms. The molecule has 6 nitrogen and oxygen atoms in total. The largest absolute Gasteiger partial charge is 0.349 e. The normalized spacial score (nSPS) is 10.4. The first kappa shape index (κ1) is 18.4. The fourth-order valence-corrected chi connectivity index (χ4v) is 2.48. The minimum Gasteiger partial charge on any atom is -0.349 e. The van der Waals surface area contributed by atoms with Crippen molar-refractivity contribution >= 4 is 17.5 Å². The van der Waals surface area contributed by atoms with Crippen molar-refractivity contribution in [2.45, 2.75) is 26.4 Å². The third kappa shape index (κ3) is 4.56. The number of hydrogen-bond donors (Lipinski definition) is 0. The SMILES string of the molecule is C=CC(=O)N(Cc1cnn(CC)c1)c1ccccc1CC(=O)N(C)C. The number of aromatic nitrogens is 2. The van der Waals surface area contributed by atoms with E-state index in [0.717, 1.165) is 17.7 Å². The standard InChI is InChI=1S/C19H24N4O2/c1-5-18(24)23(14-15-12-20-22(6-2)13-15)17-10-8-7-9-16(17)11-19(25)21(3)4/h5,7-10,12-13H,1,6,11,14H2,2-4H3. The highest BCUT2D eigenvalue weighted by Crippen LogP contribution is 2.24. The number of nitrogens with zero attached hydrogens (tertiary/aromatic N) is 4. The lowest BCUT2D eigenvalue weighted by Gasteiger charge is -2.24. The molecule has 2 rings (SSSR count). The van der Waals surface area contributed by atoms with Gasteiger partial charge in [0, 0.05) is 38.1 Å². The highest BCUT2D eigenvalue weighted by atomic mass is 16.2. The zero-order chi connectivity index (χ0) is 18.4. The number of carbonyl (C=O) groups is 2. The monoisotopic (exact) mass is 340 g/mol. The molecular weight excluding hydrogens is 316 g/mol. The quantitative estimate of drug-likeness (QED) is 0.727. The Morgan fingerprint density at radius 2 is 2.00 bits per heavy atom. The number of para-hydroxylation sites is 1. The molecule has 0 aliphatic carbocycles. The van der Waals surface area contributed by atoms with Gasteiger partial charge in [0.15, 0.2) is 0 Å². The Labute approximate surface area is 148 Å². The first-order chi connectivity index (χ1) is 12.0. The lowest BCUT2D eigenvalue weighted by Crippen LogP contribution is -2.30. The molecule has 6 heteroatoms. The van der Waals surface area contributed by atoms with Gasteiger partial charge in [-0.2, -0.15) is 5.10 Å². The molecule has 132 valence electrons. The van der Waals surface area contributed by atoms with Gasteiger partial charge in [0.2, 0.25) is 5.91 Å². The van der Waals surface area contributed by atoms with Crippen molar-refractivity contribution in [2.75, 3.05) is 19.0 Å². The molecule has 0 unspecified atom stereocenters. The van der Waals surface area contributed by atoms with Crippen LogP contribution in [0.4, 0.5) is 5.69 Å². The molecule has 2 amide bonds. The molecule has 2 aromatic rings. The fourth-order valence-electron chi connectivity index (χ4n) is 2.48. The van der Waals surface area contributed by atoms with Crippen LogP contribution in [0, 0.1) is 0 Å². The summed E-state index contributed by atoms with van der Waals surface area (Å²) in [5, 5.41) is 4.25. The molecule has 1 aromatic heterocycles. The summed E-state index contributed by atoms with van der Waals surface area (Å²) >= 11 is 0. The number of likely N-dealkylation sites (N-methyl/N-ethyl adjacent to an activating group) is 1. The molecule has 25 heavy (non-hydrogen) atoms. The average molecular weight is 340 g/mol. The van der Waals surface area contributed by atoms with Crippen molar-refractivity contribution in [1.82, 2.24) is 14.7 Å². The van der Waals surface area contributed by atoms with Crippen LogP contribution >= 0.6 is 0 Å². The van der Waals surface area contributed by atoms with E-state index in [2.05, 4.69) is 11.7 Å². The third-order valence-corrected chi connectivity index (χ3v) is 3.91. The first-order valence-corrected chi connectivity index (χ1v) is 8.19. The minimum atomic E-state index is -0.214. The number of anilines is 1. The molecule has 0 radical (unpaired) electrons. The van der Waals surface area contributed by atoms with E-state index in [1.807, 2.05) is 42.1 Å². The van der Waals surface area contributed by atoms with E-state index < -0.39 is 0 Å². The van der Waals surface area contributed by atoms with E-state index in [-0.39, 0.29) is 18.2 Å². The van der Waals surface area contributed by atoms with Crippen LogP contribution in [-0.2, 0) is 29.1 Å². The first-order valence-electron chi connectivity index (χ1n) is 8.19. The maximum Gasteiger partial charge on any atom is 0.250 e. The van der Waals surface area contributed by atoms with Gasteiger partial charge in [0.05, 0.1) is 19.2 Å². The maximum absolute atomic E-state index is 12.5. The van der Waals surface area contributed by atoms with Gasteiger partial charge in [-0.3, -0.25) is 14.3 Å². The van der Waals surface area contributed by atoms with E-state index in [9.17, 15) is 9.59 Å². The summed E-state index contributed by atoms with van der Waals surface area (Å²) in [4.78, 5) is 27.7. The van der Waals surface area contributed by atoms with Crippen molar-refractivity contribution in [3.8, 4) is 0 Å². The van der Waals surface area contributed by atoms with E-state index in [0.29, 0.717) is 12.2 Å². The van der Waals surface area contributed by atoms with Gasteiger partial charge in [-0.25, -0.2) is 0 Å². The van der Waals surface area contributed by atoms with E-state index >= 15 is 0 Å². The van der Waals surface area contributed by atoms with Crippen LogP contribution in [0.3, 0.4) is 0 Å². The minimum absolute atomic E-state index is 0.0164. The molecule has 0 atom stereocenters. The van der Waals surface area contributed by atoms with Crippen LogP contribution in [-0.4, -0.2) is 40.6 Å². The summed E-state index contributed by atoms with van der Waals surface area (Å²) in [5.74, 6) is -0.230. The summed E-state index contributed by atoms with van der Waals surface area (Å²) in [5.41, 5.74) is 2.44. The van der Waals surface area contributed by atoms with Gasteiger partial charge in [-0.15, -0.1) is 0 Å². The highest BCUT2D eigenvalue weighted by Gasteiger charge is 2.19. The molecule has 1 aromatic carbocycles. The Hall–Kier alpha value is -2.89. The molecule has 0 spiro atoms. The van der Waals surface area contributed by atoms with Gasteiger partial charge >= 0.3 is 0 Å². The number of benzene rings is 1. The molecule has 0 fully saturated rings. The lowest BCUT2D eigenvalue weighted by molar-refractivity contribution is -0.128. The summed E-state index contributed by atoms with van der Waals surface area (Å²) in [6.07, 6.45) is 5.19. The van der Waals surface area contributed by atoms with Crippen LogP contribution in [0.1, 0.15) is 18.1 Å². The Morgan fingerprint density at radius 1 is 1.28 bits per heavy atom. The predicted molar refractivity (Wildman–Crippen MR) is 98.1 cm³/mol. The van der Waals surface area contributed by atoms with Crippen LogP contribution in [0.15, 0.2) is 49.3 Å². The summed E-state index contributed by atoms with van der Waals surface area (Å²) in [6, 6.07) is 7.45. The Bertz CT molecular complexity index is 764. The van der Waals surface area contributed by atoms with Crippen molar-refractivity contribution in [2.24, 2.45) is 0 Å². The van der Waals surface area contributed by atoms with Gasteiger partial charge in [-0.05, 0) is 24.6 Å². The molecule has 0 saturated heterocycles. The second-order valence-corrected chi connectivity index (χ2v) is 5.93. The third-order valence-electron chi connectivity index (χ3n) is 3.91. The van der Waals surface area contributed by atoms with Crippen LogP contribution in [0.5, 0.6) is 0 Å². The van der Waals surface area contributed by atoms with Crippen molar-refractivity contribution in [3.05, 3.63) is 60.4 Å². The van der Waals surface area contributed by atoms with E-state index in [4.69, 9.17) is 0 Å². The average Bonchev–Trinajstić information content (AvgIpc) is 3.07. The lowest BCUT2D eigenvalue weighted by atomic mass is 10.1. The summed E-state index contributed by atoms with van der Waals surface area (Å²) in [6.45, 7) is 6.75. The van der Waals surface area contributed by atoms with Crippen LogP contribution in [0.2, 0.25) is 0 Å². The second kappa shape index (κ2) is 8.28. The molecule has 0 N–H and O–H groups in total. The van der Waals surface area contributed by atoms with Gasteiger partial charge in [-0.1, -0.05) is 24.8 Å². The van der Waals surface area contributed by atoms with Crippen LogP contribution < -0.4 is 4.90 Å². The topological polar surface area (TPSA) is 58.4 Å². The Balaban J connectivity index is 2.36. The van der Waals surface area contributed by atoms with Crippen molar-refractivity contribution in [1.29, 1.82) is 0 Å². The van der Waals surface area contributed by atoms with Crippen LogP contribution in [0.25, 0.3) is 0 Å². The summed E-state index contributed by atoms with van der Waals surface area (Å²) < 4.78 is 1.81. The van der Waals surface area contributed by atoms with Gasteiger partial charge in [0.1, 0.15) is 0 Å². The van der Waals surface area contributed by atoms with E-state index in [1.165, 1.54) is 6.08 Å². The summed E-state index contributed by atoms with van der Waals surface area (Å²) in [7, 11) is 3.44. The second-order valence-electron chi connectivity index (χ2n) is 5.93.